The van der Waals surface area contributed by atoms with Crippen LogP contribution in [0.2, 0.25) is 0 Å². The van der Waals surface area contributed by atoms with Crippen LogP contribution >= 0.6 is 11.8 Å². The molecule has 1 nitrogen and oxygen atoms in total. The molecule has 0 fully saturated rings. The Kier molecular flexibility index (Phi) is 2.21. The van der Waals surface area contributed by atoms with Crippen molar-refractivity contribution in [2.75, 3.05) is 0 Å². The zero-order valence-electron chi connectivity index (χ0n) is 8.68. The van der Waals surface area contributed by atoms with E-state index in [2.05, 4.69) is 11.5 Å². The normalized spacial score (nSPS) is 17.3. The Labute approximate surface area is 94.5 Å². The zero-order chi connectivity index (χ0) is 10.3. The van der Waals surface area contributed by atoms with Crippen molar-refractivity contribution in [3.05, 3.63) is 28.3 Å². The summed E-state index contributed by atoms with van der Waals surface area (Å²) in [5.41, 5.74) is 6.02. The van der Waals surface area contributed by atoms with Crippen molar-refractivity contribution in [2.45, 2.75) is 43.4 Å². The first-order chi connectivity index (χ1) is 7.40. The molecule has 0 heterocycles. The van der Waals surface area contributed by atoms with Gasteiger partial charge in [0.2, 0.25) is 0 Å². The van der Waals surface area contributed by atoms with Crippen molar-refractivity contribution in [1.82, 2.24) is 0 Å². The Balaban J connectivity index is 2.21. The van der Waals surface area contributed by atoms with Gasteiger partial charge in [-0.1, -0.05) is 6.07 Å². The molecule has 1 aromatic carbocycles. The molecule has 0 bridgehead atoms. The molecule has 0 unspecified atom stereocenters. The molecule has 76 valence electrons. The molecule has 0 aliphatic heterocycles. The van der Waals surface area contributed by atoms with Crippen LogP contribution in [0.25, 0.3) is 0 Å². The van der Waals surface area contributed by atoms with Crippen molar-refractivity contribution in [3.63, 3.8) is 0 Å². The average molecular weight is 215 g/mol. The van der Waals surface area contributed by atoms with Crippen LogP contribution in [0.5, 0.6) is 0 Å². The lowest BCUT2D eigenvalue weighted by Gasteiger charge is -2.11. The first-order valence-corrected chi connectivity index (χ1v) is 6.44. The fourth-order valence-electron chi connectivity index (χ4n) is 2.93. The Morgan fingerprint density at radius 1 is 1.00 bits per heavy atom. The van der Waals surface area contributed by atoms with Crippen LogP contribution < -0.4 is 0 Å². The van der Waals surface area contributed by atoms with E-state index in [1.807, 2.05) is 0 Å². The summed E-state index contributed by atoms with van der Waals surface area (Å²) in [6, 6.07) is 2.41. The van der Waals surface area contributed by atoms with Crippen molar-refractivity contribution in [2.24, 2.45) is 0 Å². The third-order valence-electron chi connectivity index (χ3n) is 3.57. The smallest absolute Gasteiger partial charge is 0.138 e. The fourth-order valence-corrected chi connectivity index (χ4v) is 3.74. The molecule has 0 spiro atoms. The van der Waals surface area contributed by atoms with Crippen molar-refractivity contribution < 1.29 is 0 Å². The standard InChI is InChI=1S/C13H13NS/c14-8-15-13-11-5-1-3-9(11)7-10-4-2-6-12(10)13/h7H,1-6H2. The van der Waals surface area contributed by atoms with Crippen LogP contribution in [0.4, 0.5) is 0 Å². The predicted molar refractivity (Wildman–Crippen MR) is 62.0 cm³/mol. The lowest BCUT2D eigenvalue weighted by atomic mass is 10.0. The van der Waals surface area contributed by atoms with Crippen LogP contribution in [0.15, 0.2) is 11.0 Å². The highest BCUT2D eigenvalue weighted by molar-refractivity contribution is 8.03. The SMILES string of the molecule is N#CSc1c2c(cc3c1CCC3)CCC2. The second-order valence-electron chi connectivity index (χ2n) is 4.38. The lowest BCUT2D eigenvalue weighted by molar-refractivity contribution is 0.886. The van der Waals surface area contributed by atoms with Gasteiger partial charge in [0.25, 0.3) is 0 Å². The highest BCUT2D eigenvalue weighted by atomic mass is 32.2. The quantitative estimate of drug-likeness (QED) is 0.530. The number of aryl methyl sites for hydroxylation is 2. The summed E-state index contributed by atoms with van der Waals surface area (Å²) < 4.78 is 0. The second kappa shape index (κ2) is 3.57. The summed E-state index contributed by atoms with van der Waals surface area (Å²) in [5.74, 6) is 0. The second-order valence-corrected chi connectivity index (χ2v) is 5.18. The van der Waals surface area contributed by atoms with Crippen molar-refractivity contribution >= 4 is 11.8 Å². The van der Waals surface area contributed by atoms with E-state index < -0.39 is 0 Å². The molecule has 0 saturated carbocycles. The average Bonchev–Trinajstić information content (AvgIpc) is 2.84. The minimum Gasteiger partial charge on any atom is -0.185 e. The van der Waals surface area contributed by atoms with Gasteiger partial charge >= 0.3 is 0 Å². The van der Waals surface area contributed by atoms with Crippen LogP contribution in [0.1, 0.15) is 35.1 Å². The number of nitrogens with zero attached hydrogens (tertiary/aromatic N) is 1. The molecule has 0 aromatic heterocycles. The van der Waals surface area contributed by atoms with Crippen molar-refractivity contribution in [1.29, 1.82) is 5.26 Å². The van der Waals surface area contributed by atoms with E-state index in [9.17, 15) is 0 Å². The maximum Gasteiger partial charge on any atom is 0.138 e. The molecular formula is C13H13NS. The summed E-state index contributed by atoms with van der Waals surface area (Å²) in [4.78, 5) is 1.32. The molecule has 0 radical (unpaired) electrons. The molecule has 0 N–H and O–H groups in total. The Bertz CT molecular complexity index is 424. The van der Waals surface area contributed by atoms with Gasteiger partial charge in [-0.15, -0.1) is 0 Å². The number of fused-ring (bicyclic) bond motifs is 2. The summed E-state index contributed by atoms with van der Waals surface area (Å²) in [5, 5.41) is 11.2. The molecule has 2 aliphatic carbocycles. The molecule has 0 amide bonds. The maximum atomic E-state index is 8.90. The Morgan fingerprint density at radius 2 is 1.60 bits per heavy atom. The highest BCUT2D eigenvalue weighted by Gasteiger charge is 2.23. The van der Waals surface area contributed by atoms with Gasteiger partial charge in [-0.05, 0) is 72.5 Å². The Morgan fingerprint density at radius 3 is 2.13 bits per heavy atom. The highest BCUT2D eigenvalue weighted by Crippen LogP contribution is 2.39. The molecule has 2 heteroatoms. The maximum absolute atomic E-state index is 8.90. The fraction of sp³-hybridized carbons (Fsp3) is 0.462. The van der Waals surface area contributed by atoms with E-state index in [0.717, 1.165) is 0 Å². The summed E-state index contributed by atoms with van der Waals surface area (Å²) in [6.07, 6.45) is 7.37. The number of rotatable bonds is 1. The van der Waals surface area contributed by atoms with E-state index in [4.69, 9.17) is 5.26 Å². The minimum absolute atomic E-state index is 1.19. The van der Waals surface area contributed by atoms with Crippen molar-refractivity contribution in [3.8, 4) is 5.40 Å². The van der Waals surface area contributed by atoms with Crippen LogP contribution in [0, 0.1) is 10.7 Å². The molecular weight excluding hydrogens is 202 g/mol. The van der Waals surface area contributed by atoms with Gasteiger partial charge < -0.3 is 0 Å². The van der Waals surface area contributed by atoms with E-state index in [0.29, 0.717) is 0 Å². The van der Waals surface area contributed by atoms with E-state index in [1.54, 1.807) is 0 Å². The van der Waals surface area contributed by atoms with Gasteiger partial charge in [0.05, 0.1) is 0 Å². The number of hydrogen-bond acceptors (Lipinski definition) is 2. The monoisotopic (exact) mass is 215 g/mol. The lowest BCUT2D eigenvalue weighted by Crippen LogP contribution is -1.94. The van der Waals surface area contributed by atoms with Gasteiger partial charge in [-0.2, -0.15) is 5.26 Å². The van der Waals surface area contributed by atoms with Gasteiger partial charge in [-0.25, -0.2) is 0 Å². The molecule has 2 aliphatic rings. The number of thiocyanates is 1. The topological polar surface area (TPSA) is 23.8 Å². The van der Waals surface area contributed by atoms with Gasteiger partial charge in [-0.3, -0.25) is 0 Å². The Hall–Kier alpha value is -0.940. The van der Waals surface area contributed by atoms with Gasteiger partial charge in [0.15, 0.2) is 0 Å². The summed E-state index contributed by atoms with van der Waals surface area (Å²) >= 11 is 1.39. The third kappa shape index (κ3) is 1.38. The minimum atomic E-state index is 1.19. The molecule has 3 rings (SSSR count). The zero-order valence-corrected chi connectivity index (χ0v) is 9.49. The van der Waals surface area contributed by atoms with Crippen LogP contribution in [-0.2, 0) is 25.7 Å². The van der Waals surface area contributed by atoms with Crippen LogP contribution in [0.3, 0.4) is 0 Å². The molecule has 1 aromatic rings. The number of thioether (sulfide) groups is 1. The number of nitriles is 1. The molecule has 0 atom stereocenters. The first kappa shape index (κ1) is 9.30. The third-order valence-corrected chi connectivity index (χ3v) is 4.35. The van der Waals surface area contributed by atoms with Gasteiger partial charge in [0, 0.05) is 4.90 Å². The first-order valence-electron chi connectivity index (χ1n) is 5.62. The van der Waals surface area contributed by atoms with Gasteiger partial charge in [0.1, 0.15) is 5.40 Å². The number of hydrogen-bond donors (Lipinski definition) is 0. The molecule has 15 heavy (non-hydrogen) atoms. The van der Waals surface area contributed by atoms with Crippen LogP contribution in [-0.4, -0.2) is 0 Å². The molecule has 0 saturated heterocycles. The largest absolute Gasteiger partial charge is 0.185 e. The predicted octanol–water partition coefficient (Wildman–Crippen LogP) is 3.24. The summed E-state index contributed by atoms with van der Waals surface area (Å²) in [6.45, 7) is 0. The number of benzene rings is 1. The van der Waals surface area contributed by atoms with E-state index in [-0.39, 0.29) is 0 Å². The van der Waals surface area contributed by atoms with E-state index >= 15 is 0 Å². The van der Waals surface area contributed by atoms with E-state index in [1.165, 1.54) is 77.4 Å². The summed E-state index contributed by atoms with van der Waals surface area (Å²) in [7, 11) is 0.